The van der Waals surface area contributed by atoms with E-state index in [1.807, 2.05) is 0 Å². The second-order valence-electron chi connectivity index (χ2n) is 3.27. The largest absolute Gasteiger partial charge is 0.416 e. The second-order valence-corrected chi connectivity index (χ2v) is 4.51. The molecule has 0 aliphatic rings. The molecule has 1 aromatic rings. The van der Waals surface area contributed by atoms with Gasteiger partial charge in [-0.15, -0.1) is 11.6 Å². The van der Waals surface area contributed by atoms with Crippen LogP contribution in [-0.4, -0.2) is 19.5 Å². The third-order valence-electron chi connectivity index (χ3n) is 2.11. The maximum Gasteiger partial charge on any atom is 0.416 e. The normalized spacial score (nSPS) is 11.6. The highest BCUT2D eigenvalue weighted by atomic mass is 79.9. The second kappa shape index (κ2) is 5.27. The molecule has 0 spiro atoms. The highest BCUT2D eigenvalue weighted by molar-refractivity contribution is 9.10. The van der Waals surface area contributed by atoms with Crippen molar-refractivity contribution in [3.8, 4) is 0 Å². The highest BCUT2D eigenvalue weighted by Crippen LogP contribution is 2.34. The maximum absolute atomic E-state index is 12.4. The number of rotatable bonds is 3. The molecule has 1 aromatic carbocycles. The zero-order valence-electron chi connectivity index (χ0n) is 8.48. The number of anilines is 1. The molecule has 0 fully saturated rings. The van der Waals surface area contributed by atoms with Crippen LogP contribution >= 0.6 is 27.5 Å². The summed E-state index contributed by atoms with van der Waals surface area (Å²) < 4.78 is 37.6. The van der Waals surface area contributed by atoms with E-state index >= 15 is 0 Å². The monoisotopic (exact) mass is 315 g/mol. The Balaban J connectivity index is 3.00. The molecule has 6 heteroatoms. The van der Waals surface area contributed by atoms with Crippen molar-refractivity contribution >= 4 is 33.2 Å². The predicted octanol–water partition coefficient (Wildman–Crippen LogP) is 4.14. The Morgan fingerprint density at radius 1 is 1.38 bits per heavy atom. The Morgan fingerprint density at radius 2 is 2.00 bits per heavy atom. The molecule has 0 heterocycles. The molecule has 90 valence electrons. The first-order chi connectivity index (χ1) is 7.36. The van der Waals surface area contributed by atoms with Crippen molar-refractivity contribution in [3.05, 3.63) is 28.2 Å². The van der Waals surface area contributed by atoms with E-state index in [4.69, 9.17) is 11.6 Å². The summed E-state index contributed by atoms with van der Waals surface area (Å²) in [6, 6.07) is 3.56. The zero-order valence-corrected chi connectivity index (χ0v) is 10.8. The van der Waals surface area contributed by atoms with Gasteiger partial charge in [-0.05, 0) is 34.1 Å². The van der Waals surface area contributed by atoms with Gasteiger partial charge in [-0.1, -0.05) is 0 Å². The summed E-state index contributed by atoms with van der Waals surface area (Å²) in [5.41, 5.74) is 0.0241. The fourth-order valence-corrected chi connectivity index (χ4v) is 2.18. The molecule has 0 saturated heterocycles. The first-order valence-electron chi connectivity index (χ1n) is 4.50. The number of alkyl halides is 4. The van der Waals surface area contributed by atoms with Crippen LogP contribution in [0.1, 0.15) is 5.56 Å². The van der Waals surface area contributed by atoms with Gasteiger partial charge in [0, 0.05) is 23.9 Å². The van der Waals surface area contributed by atoms with E-state index < -0.39 is 11.7 Å². The van der Waals surface area contributed by atoms with E-state index in [-0.39, 0.29) is 0 Å². The summed E-state index contributed by atoms with van der Waals surface area (Å²) in [6.07, 6.45) is -4.31. The van der Waals surface area contributed by atoms with Crippen molar-refractivity contribution in [2.75, 3.05) is 24.4 Å². The van der Waals surface area contributed by atoms with Gasteiger partial charge in [-0.25, -0.2) is 0 Å². The summed E-state index contributed by atoms with van der Waals surface area (Å²) in [7, 11) is 1.77. The van der Waals surface area contributed by atoms with Crippen molar-refractivity contribution in [2.24, 2.45) is 0 Å². The number of nitrogens with zero attached hydrogens (tertiary/aromatic N) is 1. The predicted molar refractivity (Wildman–Crippen MR) is 63.1 cm³/mol. The van der Waals surface area contributed by atoms with Gasteiger partial charge in [0.25, 0.3) is 0 Å². The number of benzene rings is 1. The fraction of sp³-hybridized carbons (Fsp3) is 0.400. The molecular weight excluding hydrogens is 306 g/mol. The number of hydrogen-bond acceptors (Lipinski definition) is 1. The van der Waals surface area contributed by atoms with Crippen molar-refractivity contribution in [1.82, 2.24) is 0 Å². The lowest BCUT2D eigenvalue weighted by Gasteiger charge is -2.20. The van der Waals surface area contributed by atoms with E-state index in [1.54, 1.807) is 11.9 Å². The number of halogens is 5. The quantitative estimate of drug-likeness (QED) is 0.758. The van der Waals surface area contributed by atoms with Gasteiger partial charge in [0.05, 0.1) is 11.3 Å². The van der Waals surface area contributed by atoms with Gasteiger partial charge in [-0.3, -0.25) is 0 Å². The van der Waals surface area contributed by atoms with Gasteiger partial charge in [-0.2, -0.15) is 13.2 Å². The Morgan fingerprint density at radius 3 is 2.44 bits per heavy atom. The SMILES string of the molecule is CN(CCCl)c1ccc(C(F)(F)F)cc1Br. The first kappa shape index (κ1) is 13.6. The molecule has 0 aliphatic carbocycles. The summed E-state index contributed by atoms with van der Waals surface area (Å²) in [5, 5.41) is 0. The maximum atomic E-state index is 12.4. The Kier molecular flexibility index (Phi) is 4.50. The first-order valence-corrected chi connectivity index (χ1v) is 5.83. The fourth-order valence-electron chi connectivity index (χ4n) is 1.24. The summed E-state index contributed by atoms with van der Waals surface area (Å²) in [6.45, 7) is 0.575. The molecule has 16 heavy (non-hydrogen) atoms. The molecule has 0 radical (unpaired) electrons. The van der Waals surface area contributed by atoms with Crippen LogP contribution in [0.15, 0.2) is 22.7 Å². The molecule has 1 rings (SSSR count). The molecular formula is C10H10BrClF3N. The molecule has 0 saturated carbocycles. The molecule has 0 bridgehead atoms. The third-order valence-corrected chi connectivity index (χ3v) is 2.91. The molecule has 0 amide bonds. The van der Waals surface area contributed by atoms with Crippen LogP contribution in [0.3, 0.4) is 0 Å². The van der Waals surface area contributed by atoms with Gasteiger partial charge in [0.1, 0.15) is 0 Å². The molecule has 0 aromatic heterocycles. The van der Waals surface area contributed by atoms with Crippen LogP contribution < -0.4 is 4.90 Å². The highest BCUT2D eigenvalue weighted by Gasteiger charge is 2.30. The van der Waals surface area contributed by atoms with E-state index in [0.29, 0.717) is 22.6 Å². The average molecular weight is 317 g/mol. The van der Waals surface area contributed by atoms with Crippen LogP contribution in [-0.2, 0) is 6.18 Å². The average Bonchev–Trinajstić information content (AvgIpc) is 2.16. The van der Waals surface area contributed by atoms with E-state index in [2.05, 4.69) is 15.9 Å². The van der Waals surface area contributed by atoms with Crippen LogP contribution in [0.25, 0.3) is 0 Å². The third kappa shape index (κ3) is 3.28. The lowest BCUT2D eigenvalue weighted by molar-refractivity contribution is -0.137. The van der Waals surface area contributed by atoms with E-state index in [0.717, 1.165) is 12.1 Å². The lowest BCUT2D eigenvalue weighted by atomic mass is 10.2. The van der Waals surface area contributed by atoms with Crippen molar-refractivity contribution in [2.45, 2.75) is 6.18 Å². The molecule has 0 aliphatic heterocycles. The minimum Gasteiger partial charge on any atom is -0.372 e. The van der Waals surface area contributed by atoms with Crippen LogP contribution in [0, 0.1) is 0 Å². The minimum absolute atomic E-state index is 0.412. The molecule has 0 atom stereocenters. The smallest absolute Gasteiger partial charge is 0.372 e. The molecule has 1 nitrogen and oxygen atoms in total. The zero-order chi connectivity index (χ0) is 12.3. The minimum atomic E-state index is -4.31. The van der Waals surface area contributed by atoms with Gasteiger partial charge >= 0.3 is 6.18 Å². The van der Waals surface area contributed by atoms with Gasteiger partial charge in [0.15, 0.2) is 0 Å². The van der Waals surface area contributed by atoms with E-state index in [9.17, 15) is 13.2 Å². The van der Waals surface area contributed by atoms with Crippen LogP contribution in [0.2, 0.25) is 0 Å². The van der Waals surface area contributed by atoms with Gasteiger partial charge in [0.2, 0.25) is 0 Å². The van der Waals surface area contributed by atoms with Crippen molar-refractivity contribution in [1.29, 1.82) is 0 Å². The van der Waals surface area contributed by atoms with Crippen LogP contribution in [0.4, 0.5) is 18.9 Å². The molecule has 0 N–H and O–H groups in total. The van der Waals surface area contributed by atoms with Crippen molar-refractivity contribution < 1.29 is 13.2 Å². The van der Waals surface area contributed by atoms with Crippen molar-refractivity contribution in [3.63, 3.8) is 0 Å². The standard InChI is InChI=1S/C10H10BrClF3N/c1-16(5-4-12)9-3-2-7(6-8(9)11)10(13,14)15/h2-3,6H,4-5H2,1H3. The van der Waals surface area contributed by atoms with E-state index in [1.165, 1.54) is 6.07 Å². The molecule has 0 unspecified atom stereocenters. The van der Waals surface area contributed by atoms with Gasteiger partial charge < -0.3 is 4.90 Å². The Labute approximate surface area is 105 Å². The Bertz CT molecular complexity index is 368. The summed E-state index contributed by atoms with van der Waals surface area (Å²) in [5.74, 6) is 0.421. The summed E-state index contributed by atoms with van der Waals surface area (Å²) >= 11 is 8.69. The summed E-state index contributed by atoms with van der Waals surface area (Å²) in [4.78, 5) is 1.79. The lowest BCUT2D eigenvalue weighted by Crippen LogP contribution is -2.20. The van der Waals surface area contributed by atoms with Crippen LogP contribution in [0.5, 0.6) is 0 Å². The topological polar surface area (TPSA) is 3.24 Å². The number of hydrogen-bond donors (Lipinski definition) is 0. The Hall–Kier alpha value is -0.420.